The monoisotopic (exact) mass is 281 g/mol. The third-order valence-corrected chi connectivity index (χ3v) is 3.46. The Bertz CT molecular complexity index is 488. The molecule has 0 radical (unpaired) electrons. The zero-order valence-corrected chi connectivity index (χ0v) is 11.9. The van der Waals surface area contributed by atoms with Gasteiger partial charge in [0.05, 0.1) is 0 Å². The Kier molecular flexibility index (Phi) is 4.93. The van der Waals surface area contributed by atoms with E-state index < -0.39 is 11.6 Å². The zero-order valence-electron chi connectivity index (χ0n) is 11.9. The topological polar surface area (TPSA) is 36.4 Å². The number of rotatable bonds is 5. The molecule has 3 nitrogen and oxygen atoms in total. The van der Waals surface area contributed by atoms with Crippen LogP contribution < -0.4 is 10.6 Å². The quantitative estimate of drug-likeness (QED) is 0.642. The molecule has 5 heteroatoms. The van der Waals surface area contributed by atoms with E-state index in [0.29, 0.717) is 30.5 Å². The summed E-state index contributed by atoms with van der Waals surface area (Å²) in [6.45, 7) is 5.39. The molecule has 110 valence electrons. The molecule has 1 aromatic rings. The van der Waals surface area contributed by atoms with Gasteiger partial charge in [0.25, 0.3) is 0 Å². The maximum absolute atomic E-state index is 13.5. The molecule has 1 fully saturated rings. The standard InChI is InChI=1S/C15H21F2N3/c1-3-18-15(20-13-9-10(13)2)19-8-7-11-5-4-6-12(16)14(11)17/h4-6,10,13H,3,7-9H2,1-2H3,(H2,18,19,20). The molecular formula is C15H21F2N3. The summed E-state index contributed by atoms with van der Waals surface area (Å²) in [4.78, 5) is 4.40. The number of benzene rings is 1. The lowest BCUT2D eigenvalue weighted by molar-refractivity contribution is 0.499. The minimum atomic E-state index is -0.802. The number of hydrogen-bond acceptors (Lipinski definition) is 1. The zero-order chi connectivity index (χ0) is 14.5. The Balaban J connectivity index is 1.90. The van der Waals surface area contributed by atoms with E-state index in [4.69, 9.17) is 0 Å². The first-order valence-corrected chi connectivity index (χ1v) is 7.09. The van der Waals surface area contributed by atoms with E-state index in [2.05, 4.69) is 22.5 Å². The largest absolute Gasteiger partial charge is 0.357 e. The van der Waals surface area contributed by atoms with Crippen LogP contribution in [0.15, 0.2) is 23.2 Å². The average Bonchev–Trinajstić information content (AvgIpc) is 3.10. The summed E-state index contributed by atoms with van der Waals surface area (Å²) in [6.07, 6.45) is 1.54. The Morgan fingerprint density at radius 2 is 2.15 bits per heavy atom. The number of nitrogens with one attached hydrogen (secondary N) is 2. The maximum Gasteiger partial charge on any atom is 0.191 e. The highest BCUT2D eigenvalue weighted by Gasteiger charge is 2.33. The van der Waals surface area contributed by atoms with Crippen molar-refractivity contribution in [2.24, 2.45) is 10.9 Å². The van der Waals surface area contributed by atoms with Crippen LogP contribution in [0.4, 0.5) is 8.78 Å². The summed E-state index contributed by atoms with van der Waals surface area (Å²) in [5, 5.41) is 6.48. The SMILES string of the molecule is CCNC(=NCCc1cccc(F)c1F)NC1CC1C. The number of halogens is 2. The van der Waals surface area contributed by atoms with Gasteiger partial charge in [0.15, 0.2) is 17.6 Å². The predicted molar refractivity (Wildman–Crippen MR) is 76.7 cm³/mol. The molecule has 0 amide bonds. The molecule has 1 aliphatic carbocycles. The molecular weight excluding hydrogens is 260 g/mol. The molecule has 2 N–H and O–H groups in total. The highest BCUT2D eigenvalue weighted by Crippen LogP contribution is 2.28. The van der Waals surface area contributed by atoms with Crippen LogP contribution in [0, 0.1) is 17.6 Å². The van der Waals surface area contributed by atoms with Gasteiger partial charge < -0.3 is 10.6 Å². The molecule has 0 bridgehead atoms. The van der Waals surface area contributed by atoms with Crippen molar-refractivity contribution in [2.75, 3.05) is 13.1 Å². The minimum Gasteiger partial charge on any atom is -0.357 e. The maximum atomic E-state index is 13.5. The van der Waals surface area contributed by atoms with Crippen molar-refractivity contribution in [3.05, 3.63) is 35.4 Å². The summed E-state index contributed by atoms with van der Waals surface area (Å²) >= 11 is 0. The molecule has 0 aliphatic heterocycles. The number of hydrogen-bond donors (Lipinski definition) is 2. The van der Waals surface area contributed by atoms with Crippen LogP contribution in [-0.4, -0.2) is 25.1 Å². The lowest BCUT2D eigenvalue weighted by Gasteiger charge is -2.10. The second kappa shape index (κ2) is 6.68. The van der Waals surface area contributed by atoms with Crippen LogP contribution in [0.5, 0.6) is 0 Å². The van der Waals surface area contributed by atoms with E-state index in [9.17, 15) is 8.78 Å². The molecule has 2 rings (SSSR count). The normalized spacial score (nSPS) is 21.7. The number of aliphatic imine (C=N–C) groups is 1. The van der Waals surface area contributed by atoms with Gasteiger partial charge >= 0.3 is 0 Å². The van der Waals surface area contributed by atoms with Crippen LogP contribution in [-0.2, 0) is 6.42 Å². The third kappa shape index (κ3) is 3.92. The van der Waals surface area contributed by atoms with Crippen molar-refractivity contribution < 1.29 is 8.78 Å². The summed E-state index contributed by atoms with van der Waals surface area (Å²) < 4.78 is 26.6. The summed E-state index contributed by atoms with van der Waals surface area (Å²) in [6, 6.07) is 4.73. The van der Waals surface area contributed by atoms with E-state index >= 15 is 0 Å². The second-order valence-corrected chi connectivity index (χ2v) is 5.19. The lowest BCUT2D eigenvalue weighted by atomic mass is 10.1. The average molecular weight is 281 g/mol. The van der Waals surface area contributed by atoms with Gasteiger partial charge in [0.1, 0.15) is 0 Å². The van der Waals surface area contributed by atoms with Crippen LogP contribution in [0.2, 0.25) is 0 Å². The van der Waals surface area contributed by atoms with Gasteiger partial charge in [0.2, 0.25) is 0 Å². The van der Waals surface area contributed by atoms with E-state index in [1.54, 1.807) is 6.07 Å². The molecule has 1 saturated carbocycles. The van der Waals surface area contributed by atoms with Crippen molar-refractivity contribution in [3.63, 3.8) is 0 Å². The Morgan fingerprint density at radius 1 is 1.40 bits per heavy atom. The van der Waals surface area contributed by atoms with Gasteiger partial charge in [-0.05, 0) is 37.3 Å². The Hall–Kier alpha value is -1.65. The summed E-state index contributed by atoms with van der Waals surface area (Å²) in [5.41, 5.74) is 0.365. The van der Waals surface area contributed by atoms with E-state index in [0.717, 1.165) is 25.0 Å². The smallest absolute Gasteiger partial charge is 0.191 e. The van der Waals surface area contributed by atoms with Crippen molar-refractivity contribution in [2.45, 2.75) is 32.7 Å². The molecule has 1 aliphatic rings. The van der Waals surface area contributed by atoms with Crippen LogP contribution >= 0.6 is 0 Å². The van der Waals surface area contributed by atoms with Gasteiger partial charge in [-0.1, -0.05) is 19.1 Å². The minimum absolute atomic E-state index is 0.365. The van der Waals surface area contributed by atoms with Gasteiger partial charge in [-0.25, -0.2) is 8.78 Å². The third-order valence-electron chi connectivity index (χ3n) is 3.46. The molecule has 20 heavy (non-hydrogen) atoms. The summed E-state index contributed by atoms with van der Waals surface area (Å²) in [7, 11) is 0. The van der Waals surface area contributed by atoms with Gasteiger partial charge in [-0.2, -0.15) is 0 Å². The summed E-state index contributed by atoms with van der Waals surface area (Å²) in [5.74, 6) is -0.141. The van der Waals surface area contributed by atoms with Gasteiger partial charge in [0, 0.05) is 19.1 Å². The van der Waals surface area contributed by atoms with Crippen molar-refractivity contribution >= 4 is 5.96 Å². The number of guanidine groups is 1. The highest BCUT2D eigenvalue weighted by atomic mass is 19.2. The molecule has 0 aromatic heterocycles. The van der Waals surface area contributed by atoms with E-state index in [1.165, 1.54) is 6.07 Å². The fourth-order valence-corrected chi connectivity index (χ4v) is 2.05. The first-order valence-electron chi connectivity index (χ1n) is 7.09. The Morgan fingerprint density at radius 3 is 2.80 bits per heavy atom. The fraction of sp³-hybridized carbons (Fsp3) is 0.533. The van der Waals surface area contributed by atoms with Crippen LogP contribution in [0.25, 0.3) is 0 Å². The van der Waals surface area contributed by atoms with Crippen LogP contribution in [0.3, 0.4) is 0 Å². The Labute approximate surface area is 118 Å². The van der Waals surface area contributed by atoms with Gasteiger partial charge in [-0.3, -0.25) is 4.99 Å². The van der Waals surface area contributed by atoms with Crippen molar-refractivity contribution in [1.29, 1.82) is 0 Å². The molecule has 0 spiro atoms. The molecule has 1 aromatic carbocycles. The van der Waals surface area contributed by atoms with Crippen molar-refractivity contribution in [3.8, 4) is 0 Å². The second-order valence-electron chi connectivity index (χ2n) is 5.19. The van der Waals surface area contributed by atoms with Gasteiger partial charge in [-0.15, -0.1) is 0 Å². The van der Waals surface area contributed by atoms with Crippen LogP contribution in [0.1, 0.15) is 25.8 Å². The predicted octanol–water partition coefficient (Wildman–Crippen LogP) is 2.47. The first kappa shape index (κ1) is 14.8. The molecule has 2 atom stereocenters. The molecule has 0 saturated heterocycles. The lowest BCUT2D eigenvalue weighted by Crippen LogP contribution is -2.39. The van der Waals surface area contributed by atoms with Crippen molar-refractivity contribution in [1.82, 2.24) is 10.6 Å². The molecule has 2 unspecified atom stereocenters. The van der Waals surface area contributed by atoms with E-state index in [-0.39, 0.29) is 0 Å². The first-order chi connectivity index (χ1) is 9.61. The number of nitrogens with zero attached hydrogens (tertiary/aromatic N) is 1. The highest BCUT2D eigenvalue weighted by molar-refractivity contribution is 5.80. The fourth-order valence-electron chi connectivity index (χ4n) is 2.05. The molecule has 0 heterocycles. The van der Waals surface area contributed by atoms with E-state index in [1.807, 2.05) is 6.92 Å².